The molecule has 0 amide bonds. The summed E-state index contributed by atoms with van der Waals surface area (Å²) in [5.41, 5.74) is 2.26. The summed E-state index contributed by atoms with van der Waals surface area (Å²) in [4.78, 5) is 0. The molecule has 3 unspecified atom stereocenters. The van der Waals surface area contributed by atoms with Gasteiger partial charge in [-0.25, -0.2) is 0 Å². The molecule has 1 aliphatic carbocycles. The highest BCUT2D eigenvalue weighted by molar-refractivity contribution is 6.30. The van der Waals surface area contributed by atoms with Gasteiger partial charge in [-0.1, -0.05) is 31.4 Å². The molecule has 3 atom stereocenters. The van der Waals surface area contributed by atoms with Gasteiger partial charge in [0.05, 0.1) is 12.7 Å². The predicted molar refractivity (Wildman–Crippen MR) is 76.9 cm³/mol. The van der Waals surface area contributed by atoms with E-state index in [4.69, 9.17) is 16.3 Å². The highest BCUT2D eigenvalue weighted by Crippen LogP contribution is 2.38. The van der Waals surface area contributed by atoms with Gasteiger partial charge in [0.2, 0.25) is 0 Å². The number of hydrogen-bond donors (Lipinski definition) is 1. The third kappa shape index (κ3) is 2.61. The smallest absolute Gasteiger partial charge is 0.126 e. The Bertz CT molecular complexity index is 472. The van der Waals surface area contributed by atoms with Crippen molar-refractivity contribution in [3.8, 4) is 5.75 Å². The Balaban J connectivity index is 1.79. The van der Waals surface area contributed by atoms with Crippen molar-refractivity contribution >= 4 is 11.6 Å². The van der Waals surface area contributed by atoms with Crippen molar-refractivity contribution in [1.82, 2.24) is 0 Å². The fourth-order valence-corrected chi connectivity index (χ4v) is 3.88. The molecule has 1 N–H and O–H groups in total. The monoisotopic (exact) mass is 280 g/mol. The highest BCUT2D eigenvalue weighted by Gasteiger charge is 2.31. The quantitative estimate of drug-likeness (QED) is 0.916. The fraction of sp³-hybridized carbons (Fsp3) is 0.625. The van der Waals surface area contributed by atoms with Gasteiger partial charge in [-0.2, -0.15) is 0 Å². The third-order valence-corrected chi connectivity index (χ3v) is 4.89. The van der Waals surface area contributed by atoms with Crippen LogP contribution in [-0.4, -0.2) is 17.8 Å². The molecular formula is C16H21ClO2. The summed E-state index contributed by atoms with van der Waals surface area (Å²) in [6.45, 7) is 2.98. The lowest BCUT2D eigenvalue weighted by molar-refractivity contribution is 0.0895. The highest BCUT2D eigenvalue weighted by atomic mass is 35.5. The van der Waals surface area contributed by atoms with Crippen molar-refractivity contribution in [1.29, 1.82) is 0 Å². The molecule has 1 aliphatic heterocycles. The minimum atomic E-state index is -0.274. The van der Waals surface area contributed by atoms with Gasteiger partial charge in [0, 0.05) is 17.9 Å². The van der Waals surface area contributed by atoms with Gasteiger partial charge in [0.15, 0.2) is 0 Å². The second-order valence-corrected chi connectivity index (χ2v) is 6.43. The number of rotatable bonds is 3. The molecular weight excluding hydrogens is 260 g/mol. The molecule has 19 heavy (non-hydrogen) atoms. The molecule has 2 nitrogen and oxygen atoms in total. The van der Waals surface area contributed by atoms with E-state index in [0.717, 1.165) is 35.8 Å². The largest absolute Gasteiger partial charge is 0.493 e. The molecule has 3 rings (SSSR count). The molecule has 0 saturated heterocycles. The maximum Gasteiger partial charge on any atom is 0.126 e. The van der Waals surface area contributed by atoms with E-state index in [2.05, 4.69) is 6.92 Å². The fourth-order valence-electron chi connectivity index (χ4n) is 3.62. The van der Waals surface area contributed by atoms with Crippen LogP contribution in [0.15, 0.2) is 12.1 Å². The van der Waals surface area contributed by atoms with Gasteiger partial charge in [-0.3, -0.25) is 0 Å². The summed E-state index contributed by atoms with van der Waals surface area (Å²) in [5.74, 6) is 2.02. The summed E-state index contributed by atoms with van der Waals surface area (Å²) in [7, 11) is 0. The number of ether oxygens (including phenoxy) is 1. The zero-order valence-electron chi connectivity index (χ0n) is 11.4. The summed E-state index contributed by atoms with van der Waals surface area (Å²) in [5, 5.41) is 11.3. The molecule has 1 aromatic rings. The molecule has 0 spiro atoms. The van der Waals surface area contributed by atoms with E-state index in [1.165, 1.54) is 18.4 Å². The van der Waals surface area contributed by atoms with E-state index in [0.29, 0.717) is 18.3 Å². The minimum Gasteiger partial charge on any atom is -0.493 e. The number of benzene rings is 1. The number of halogens is 1. The van der Waals surface area contributed by atoms with E-state index in [-0.39, 0.29) is 6.10 Å². The van der Waals surface area contributed by atoms with E-state index >= 15 is 0 Å². The van der Waals surface area contributed by atoms with Crippen LogP contribution in [0.4, 0.5) is 0 Å². The molecule has 1 saturated carbocycles. The van der Waals surface area contributed by atoms with E-state index in [1.54, 1.807) is 0 Å². The predicted octanol–water partition coefficient (Wildman–Crippen LogP) is 3.61. The molecule has 0 radical (unpaired) electrons. The molecule has 2 aliphatic rings. The topological polar surface area (TPSA) is 29.5 Å². The van der Waals surface area contributed by atoms with Gasteiger partial charge in [0.25, 0.3) is 0 Å². The first-order valence-corrected chi connectivity index (χ1v) is 7.65. The molecule has 1 heterocycles. The van der Waals surface area contributed by atoms with Crippen molar-refractivity contribution in [3.63, 3.8) is 0 Å². The summed E-state index contributed by atoms with van der Waals surface area (Å²) >= 11 is 6.16. The average Bonchev–Trinajstić information content (AvgIpc) is 2.97. The zero-order chi connectivity index (χ0) is 13.4. The van der Waals surface area contributed by atoms with Crippen LogP contribution in [0.25, 0.3) is 0 Å². The Morgan fingerprint density at radius 2 is 2.26 bits per heavy atom. The first-order valence-electron chi connectivity index (χ1n) is 7.27. The zero-order valence-corrected chi connectivity index (χ0v) is 12.1. The second-order valence-electron chi connectivity index (χ2n) is 6.00. The van der Waals surface area contributed by atoms with Gasteiger partial charge in [-0.05, 0) is 41.5 Å². The first-order chi connectivity index (χ1) is 9.15. The summed E-state index contributed by atoms with van der Waals surface area (Å²) in [6.07, 6.45) is 4.95. The van der Waals surface area contributed by atoms with Crippen molar-refractivity contribution in [2.45, 2.75) is 45.1 Å². The van der Waals surface area contributed by atoms with Crippen molar-refractivity contribution in [3.05, 3.63) is 28.3 Å². The van der Waals surface area contributed by atoms with Gasteiger partial charge >= 0.3 is 0 Å². The van der Waals surface area contributed by atoms with Gasteiger partial charge in [-0.15, -0.1) is 0 Å². The molecule has 1 aromatic carbocycles. The number of hydrogen-bond acceptors (Lipinski definition) is 2. The summed E-state index contributed by atoms with van der Waals surface area (Å²) < 4.78 is 5.71. The molecule has 3 heteroatoms. The van der Waals surface area contributed by atoms with Crippen molar-refractivity contribution in [2.24, 2.45) is 11.8 Å². The average molecular weight is 281 g/mol. The second kappa shape index (κ2) is 5.34. The Hall–Kier alpha value is -0.730. The third-order valence-electron chi connectivity index (χ3n) is 4.68. The number of aliphatic hydroxyl groups excluding tert-OH is 1. The van der Waals surface area contributed by atoms with E-state index in [9.17, 15) is 5.11 Å². The van der Waals surface area contributed by atoms with E-state index in [1.807, 2.05) is 12.1 Å². The van der Waals surface area contributed by atoms with E-state index < -0.39 is 0 Å². The van der Waals surface area contributed by atoms with Gasteiger partial charge in [0.1, 0.15) is 5.75 Å². The lowest BCUT2D eigenvalue weighted by Gasteiger charge is -2.23. The standard InChI is InChI=1S/C16H21ClO2/c1-10-3-2-4-14(10)15(18)9-12-8-13(17)7-11-5-6-19-16(11)12/h7-8,10,14-15,18H,2-6,9H2,1H3. The van der Waals surface area contributed by atoms with Crippen LogP contribution < -0.4 is 4.74 Å². The SMILES string of the molecule is CC1CCCC1C(O)Cc1cc(Cl)cc2c1OCC2. The molecule has 104 valence electrons. The maximum absolute atomic E-state index is 10.5. The van der Waals surface area contributed by atoms with Crippen molar-refractivity contribution in [2.75, 3.05) is 6.61 Å². The van der Waals surface area contributed by atoms with Crippen LogP contribution in [0.5, 0.6) is 5.75 Å². The Morgan fingerprint density at radius 1 is 1.42 bits per heavy atom. The molecule has 0 aromatic heterocycles. The lowest BCUT2D eigenvalue weighted by atomic mass is 9.88. The van der Waals surface area contributed by atoms with Crippen LogP contribution in [0.2, 0.25) is 5.02 Å². The normalized spacial score (nSPS) is 27.1. The minimum absolute atomic E-state index is 0.274. The van der Waals surface area contributed by atoms with Crippen LogP contribution in [0, 0.1) is 11.8 Å². The maximum atomic E-state index is 10.5. The Kier molecular flexibility index (Phi) is 3.72. The Morgan fingerprint density at radius 3 is 3.00 bits per heavy atom. The van der Waals surface area contributed by atoms with Crippen LogP contribution in [-0.2, 0) is 12.8 Å². The first kappa shape index (κ1) is 13.3. The lowest BCUT2D eigenvalue weighted by Crippen LogP contribution is -2.25. The van der Waals surface area contributed by atoms with Crippen molar-refractivity contribution < 1.29 is 9.84 Å². The Labute approximate surface area is 119 Å². The summed E-state index contributed by atoms with van der Waals surface area (Å²) in [6, 6.07) is 3.94. The van der Waals surface area contributed by atoms with Gasteiger partial charge < -0.3 is 9.84 Å². The van der Waals surface area contributed by atoms with Crippen LogP contribution in [0.1, 0.15) is 37.3 Å². The number of fused-ring (bicyclic) bond motifs is 1. The van der Waals surface area contributed by atoms with Crippen LogP contribution in [0.3, 0.4) is 0 Å². The molecule has 0 bridgehead atoms. The molecule has 1 fully saturated rings. The number of aliphatic hydroxyl groups is 1. The van der Waals surface area contributed by atoms with Crippen LogP contribution >= 0.6 is 11.6 Å².